The fourth-order valence-corrected chi connectivity index (χ4v) is 3.34. The van der Waals surface area contributed by atoms with Gasteiger partial charge >= 0.3 is 0 Å². The zero-order valence-corrected chi connectivity index (χ0v) is 15.2. The number of hydrogen-bond donors (Lipinski definition) is 1. The minimum Gasteiger partial charge on any atom is -0.314 e. The molecule has 0 aromatic rings. The quantitative estimate of drug-likeness (QED) is 0.576. The van der Waals surface area contributed by atoms with Crippen LogP contribution in [0.5, 0.6) is 0 Å². The Hall–Kier alpha value is -0.0400. The molecule has 3 atom stereocenters. The average Bonchev–Trinajstić information content (AvgIpc) is 3.12. The summed E-state index contributed by atoms with van der Waals surface area (Å²) in [4.78, 5) is 0. The molecular formula is C19H39N. The molecule has 0 radical (unpaired) electrons. The lowest BCUT2D eigenvalue weighted by Crippen LogP contribution is -2.38. The Labute approximate surface area is 128 Å². The van der Waals surface area contributed by atoms with Crippen LogP contribution in [0.4, 0.5) is 0 Å². The summed E-state index contributed by atoms with van der Waals surface area (Å²) in [5.74, 6) is 1.64. The smallest absolute Gasteiger partial charge is 0.00441 e. The topological polar surface area (TPSA) is 12.0 Å². The van der Waals surface area contributed by atoms with Crippen molar-refractivity contribution in [2.75, 3.05) is 6.54 Å². The third-order valence-electron chi connectivity index (χ3n) is 5.77. The molecule has 1 aliphatic carbocycles. The highest BCUT2D eigenvalue weighted by Gasteiger charge is 2.41. The maximum atomic E-state index is 3.85. The molecule has 1 fully saturated rings. The van der Waals surface area contributed by atoms with E-state index in [1.807, 2.05) is 0 Å². The molecule has 20 heavy (non-hydrogen) atoms. The van der Waals surface area contributed by atoms with Gasteiger partial charge < -0.3 is 5.32 Å². The van der Waals surface area contributed by atoms with Crippen LogP contribution < -0.4 is 5.32 Å². The monoisotopic (exact) mass is 281 g/mol. The van der Waals surface area contributed by atoms with Crippen molar-refractivity contribution in [1.82, 2.24) is 5.32 Å². The summed E-state index contributed by atoms with van der Waals surface area (Å²) in [6.07, 6.45) is 8.34. The molecule has 1 N–H and O–H groups in total. The Morgan fingerprint density at radius 1 is 1.10 bits per heavy atom. The van der Waals surface area contributed by atoms with Gasteiger partial charge in [-0.2, -0.15) is 0 Å². The number of nitrogens with one attached hydrogen (secondary N) is 1. The highest BCUT2D eigenvalue weighted by atomic mass is 14.9. The maximum absolute atomic E-state index is 3.85. The Bertz CT molecular complexity index is 272. The molecule has 120 valence electrons. The number of hydrogen-bond acceptors (Lipinski definition) is 1. The van der Waals surface area contributed by atoms with Gasteiger partial charge in [0.15, 0.2) is 0 Å². The Balaban J connectivity index is 2.41. The van der Waals surface area contributed by atoms with Crippen LogP contribution in [0.3, 0.4) is 0 Å². The fraction of sp³-hybridized carbons (Fsp3) is 1.00. The molecule has 1 heteroatoms. The van der Waals surface area contributed by atoms with Gasteiger partial charge in [0, 0.05) is 6.04 Å². The molecule has 1 nitrogen and oxygen atoms in total. The molecule has 0 amide bonds. The molecule has 1 saturated carbocycles. The minimum absolute atomic E-state index is 0.415. The fourth-order valence-electron chi connectivity index (χ4n) is 3.34. The van der Waals surface area contributed by atoms with Gasteiger partial charge in [0.2, 0.25) is 0 Å². The largest absolute Gasteiger partial charge is 0.314 e. The summed E-state index contributed by atoms with van der Waals surface area (Å²) in [7, 11) is 0. The van der Waals surface area contributed by atoms with Crippen LogP contribution in [-0.4, -0.2) is 12.6 Å². The predicted octanol–water partition coefficient (Wildman–Crippen LogP) is 5.64. The Morgan fingerprint density at radius 2 is 1.70 bits per heavy atom. The van der Waals surface area contributed by atoms with E-state index in [4.69, 9.17) is 0 Å². The molecule has 0 aromatic carbocycles. The van der Waals surface area contributed by atoms with Crippen molar-refractivity contribution < 1.29 is 0 Å². The lowest BCUT2D eigenvalue weighted by atomic mass is 9.75. The first-order valence-electron chi connectivity index (χ1n) is 8.96. The molecule has 1 aliphatic rings. The van der Waals surface area contributed by atoms with Gasteiger partial charge in [-0.1, -0.05) is 54.4 Å². The second kappa shape index (κ2) is 7.29. The van der Waals surface area contributed by atoms with Gasteiger partial charge in [-0.3, -0.25) is 0 Å². The summed E-state index contributed by atoms with van der Waals surface area (Å²) in [6, 6.07) is 0.680. The molecule has 0 heterocycles. The molecule has 0 spiro atoms. The SMILES string of the molecule is CCC(C)CC(CNC(C)CC1(CC)CC1)C(C)(C)C. The van der Waals surface area contributed by atoms with Gasteiger partial charge in [0.05, 0.1) is 0 Å². The van der Waals surface area contributed by atoms with Crippen molar-refractivity contribution in [2.45, 2.75) is 93.0 Å². The van der Waals surface area contributed by atoms with E-state index in [0.717, 1.165) is 11.8 Å². The van der Waals surface area contributed by atoms with E-state index in [2.05, 4.69) is 53.8 Å². The molecule has 0 bridgehead atoms. The second-order valence-electron chi connectivity index (χ2n) is 8.68. The van der Waals surface area contributed by atoms with Gasteiger partial charge in [-0.05, 0) is 61.8 Å². The third kappa shape index (κ3) is 5.76. The molecule has 0 aromatic heterocycles. The van der Waals surface area contributed by atoms with Crippen molar-refractivity contribution in [1.29, 1.82) is 0 Å². The zero-order chi connectivity index (χ0) is 15.4. The van der Waals surface area contributed by atoms with Crippen molar-refractivity contribution in [2.24, 2.45) is 22.7 Å². The summed E-state index contributed by atoms with van der Waals surface area (Å²) in [5.41, 5.74) is 1.12. The van der Waals surface area contributed by atoms with E-state index in [1.165, 1.54) is 45.1 Å². The summed E-state index contributed by atoms with van der Waals surface area (Å²) < 4.78 is 0. The Kier molecular flexibility index (Phi) is 6.57. The van der Waals surface area contributed by atoms with Crippen LogP contribution in [0.1, 0.15) is 87.0 Å². The van der Waals surface area contributed by atoms with Crippen molar-refractivity contribution in [3.05, 3.63) is 0 Å². The van der Waals surface area contributed by atoms with Gasteiger partial charge in [-0.15, -0.1) is 0 Å². The first-order valence-corrected chi connectivity index (χ1v) is 8.96. The zero-order valence-electron chi connectivity index (χ0n) is 15.2. The van der Waals surface area contributed by atoms with Gasteiger partial charge in [-0.25, -0.2) is 0 Å². The Morgan fingerprint density at radius 3 is 2.10 bits per heavy atom. The van der Waals surface area contributed by atoms with E-state index >= 15 is 0 Å². The highest BCUT2D eigenvalue weighted by molar-refractivity contribution is 4.94. The van der Waals surface area contributed by atoms with Gasteiger partial charge in [0.25, 0.3) is 0 Å². The van der Waals surface area contributed by atoms with Crippen LogP contribution >= 0.6 is 0 Å². The first-order chi connectivity index (χ1) is 9.22. The van der Waals surface area contributed by atoms with E-state index in [-0.39, 0.29) is 0 Å². The van der Waals surface area contributed by atoms with Crippen molar-refractivity contribution >= 4 is 0 Å². The van der Waals surface area contributed by atoms with Crippen LogP contribution in [0.25, 0.3) is 0 Å². The van der Waals surface area contributed by atoms with Gasteiger partial charge in [0.1, 0.15) is 0 Å². The average molecular weight is 282 g/mol. The van der Waals surface area contributed by atoms with E-state index in [0.29, 0.717) is 16.9 Å². The van der Waals surface area contributed by atoms with Crippen LogP contribution in [0, 0.1) is 22.7 Å². The van der Waals surface area contributed by atoms with E-state index < -0.39 is 0 Å². The predicted molar refractivity (Wildman–Crippen MR) is 91.1 cm³/mol. The van der Waals surface area contributed by atoms with Crippen molar-refractivity contribution in [3.8, 4) is 0 Å². The van der Waals surface area contributed by atoms with E-state index in [1.54, 1.807) is 0 Å². The molecular weight excluding hydrogens is 242 g/mol. The van der Waals surface area contributed by atoms with E-state index in [9.17, 15) is 0 Å². The summed E-state index contributed by atoms with van der Waals surface area (Å²) >= 11 is 0. The summed E-state index contributed by atoms with van der Waals surface area (Å²) in [6.45, 7) is 17.9. The minimum atomic E-state index is 0.415. The molecule has 0 aliphatic heterocycles. The molecule has 0 saturated heterocycles. The second-order valence-corrected chi connectivity index (χ2v) is 8.68. The maximum Gasteiger partial charge on any atom is 0.00441 e. The lowest BCUT2D eigenvalue weighted by Gasteiger charge is -2.34. The van der Waals surface area contributed by atoms with Crippen LogP contribution in [0.15, 0.2) is 0 Å². The third-order valence-corrected chi connectivity index (χ3v) is 5.77. The first kappa shape index (κ1) is 18.0. The normalized spacial score (nSPS) is 22.4. The number of rotatable bonds is 9. The molecule has 1 rings (SSSR count). The molecule has 3 unspecified atom stereocenters. The summed E-state index contributed by atoms with van der Waals surface area (Å²) in [5, 5.41) is 3.85. The highest BCUT2D eigenvalue weighted by Crippen LogP contribution is 2.52. The van der Waals surface area contributed by atoms with Crippen LogP contribution in [0.2, 0.25) is 0 Å². The lowest BCUT2D eigenvalue weighted by molar-refractivity contribution is 0.184. The van der Waals surface area contributed by atoms with Crippen LogP contribution in [-0.2, 0) is 0 Å². The standard InChI is InChI=1S/C19H39N/c1-8-15(3)12-17(18(5,6)7)14-20-16(4)13-19(9-2)10-11-19/h15-17,20H,8-14H2,1-7H3. The van der Waals surface area contributed by atoms with Crippen molar-refractivity contribution in [3.63, 3.8) is 0 Å².